The van der Waals surface area contributed by atoms with E-state index in [1.165, 1.54) is 20.1 Å². The Balaban J connectivity index is 1.37. The Morgan fingerprint density at radius 1 is 0.939 bits per heavy atom. The fourth-order valence-electron chi connectivity index (χ4n) is 5.56. The van der Waals surface area contributed by atoms with Gasteiger partial charge < -0.3 is 30.5 Å². The Hall–Kier alpha value is -4.63. The maximum atomic E-state index is 13.5. The highest BCUT2D eigenvalue weighted by molar-refractivity contribution is 8.23. The van der Waals surface area contributed by atoms with E-state index >= 15 is 0 Å². The van der Waals surface area contributed by atoms with Crippen LogP contribution in [0.15, 0.2) is 72.8 Å². The summed E-state index contributed by atoms with van der Waals surface area (Å²) in [6, 6.07) is 20.0. The third-order valence-corrected chi connectivity index (χ3v) is 9.74. The zero-order chi connectivity index (χ0) is 35.4. The third-order valence-electron chi connectivity index (χ3n) is 7.98. The number of phenols is 1. The Morgan fingerprint density at radius 2 is 1.65 bits per heavy atom. The monoisotopic (exact) mass is 696 g/mol. The van der Waals surface area contributed by atoms with Crippen molar-refractivity contribution >= 4 is 34.5 Å². The molecule has 1 unspecified atom stereocenters. The topological polar surface area (TPSA) is 196 Å². The summed E-state index contributed by atoms with van der Waals surface area (Å²) in [5.74, 6) is -1.74. The van der Waals surface area contributed by atoms with Gasteiger partial charge in [-0.1, -0.05) is 60.7 Å². The number of methoxy groups -OCH3 is 1. The van der Waals surface area contributed by atoms with Gasteiger partial charge in [0.15, 0.2) is 0 Å². The zero-order valence-electron chi connectivity index (χ0n) is 27.5. The minimum absolute atomic E-state index is 0.0124. The number of carbonyl (C=O) groups is 4. The summed E-state index contributed by atoms with van der Waals surface area (Å²) in [7, 11) is -2.05. The molecule has 3 amide bonds. The van der Waals surface area contributed by atoms with Crippen LogP contribution in [0.4, 0.5) is 0 Å². The number of rotatable bonds is 17. The second-order valence-corrected chi connectivity index (χ2v) is 13.8. The summed E-state index contributed by atoms with van der Waals surface area (Å²) in [5, 5.41) is 18.6. The Kier molecular flexibility index (Phi) is 13.4. The maximum absolute atomic E-state index is 13.5. The highest BCUT2D eigenvalue weighted by atomic mass is 32.3. The van der Waals surface area contributed by atoms with Crippen LogP contribution in [-0.2, 0) is 32.0 Å². The van der Waals surface area contributed by atoms with Gasteiger partial charge in [-0.2, -0.15) is 0 Å². The van der Waals surface area contributed by atoms with Crippen molar-refractivity contribution < 1.29 is 42.9 Å². The molecule has 1 aliphatic rings. The van der Waals surface area contributed by atoms with E-state index in [9.17, 15) is 33.4 Å². The van der Waals surface area contributed by atoms with E-state index in [4.69, 9.17) is 9.47 Å². The summed E-state index contributed by atoms with van der Waals surface area (Å²) < 4.78 is 33.3. The van der Waals surface area contributed by atoms with Crippen molar-refractivity contribution in [3.8, 4) is 11.5 Å². The molecule has 3 aromatic carbocycles. The van der Waals surface area contributed by atoms with Crippen LogP contribution >= 0.6 is 10.8 Å². The molecule has 0 spiro atoms. The number of unbranched alkanes of at least 4 members (excludes halogenated alkanes) is 1. The number of benzene rings is 3. The van der Waals surface area contributed by atoms with E-state index in [0.717, 1.165) is 11.1 Å². The minimum atomic E-state index is -3.28. The van der Waals surface area contributed by atoms with Crippen molar-refractivity contribution in [1.29, 1.82) is 0 Å². The lowest BCUT2D eigenvalue weighted by atomic mass is 10.0. The van der Waals surface area contributed by atoms with Crippen LogP contribution in [0.2, 0.25) is 0 Å². The van der Waals surface area contributed by atoms with Crippen LogP contribution in [0.1, 0.15) is 58.5 Å². The van der Waals surface area contributed by atoms with Gasteiger partial charge in [-0.3, -0.25) is 28.2 Å². The molecule has 1 aliphatic heterocycles. The zero-order valence-corrected chi connectivity index (χ0v) is 28.3. The smallest absolute Gasteiger partial charge is 0.345 e. The first kappa shape index (κ1) is 37.2. The molecule has 0 radical (unpaired) electrons. The van der Waals surface area contributed by atoms with Gasteiger partial charge in [-0.25, -0.2) is 4.79 Å². The third kappa shape index (κ3) is 10.9. The molecule has 49 heavy (non-hydrogen) atoms. The normalized spacial score (nSPS) is 16.9. The molecular formula is C35H44N4O9S. The standard InChI is InChI=1S/C35H44N4O9S/c1-23(40)37-28(20-24-9-4-3-5-10-24)34(43)38-27(19-25-13-15-26(16-14-25)31-21-32(42)39-49(31,45)46)22-36-17-6-7-18-48-30-12-8-11-29(41)33(30)35(44)47-2/h3-5,8-16,27-28,31,36,41,45-46H,6-7,17-22H2,1-2H3,(H,37,40)(H,38,43)(H,39,42)/t27-,28-,31?/m0/s1. The molecule has 13 nitrogen and oxygen atoms in total. The summed E-state index contributed by atoms with van der Waals surface area (Å²) >= 11 is 0. The highest BCUT2D eigenvalue weighted by Gasteiger charge is 2.38. The second-order valence-electron chi connectivity index (χ2n) is 11.8. The van der Waals surface area contributed by atoms with Crippen molar-refractivity contribution in [2.45, 2.75) is 56.4 Å². The fourth-order valence-corrected chi connectivity index (χ4v) is 7.04. The molecule has 3 aromatic rings. The van der Waals surface area contributed by atoms with E-state index in [2.05, 4.69) is 20.7 Å². The van der Waals surface area contributed by atoms with E-state index in [0.29, 0.717) is 50.9 Å². The number of phenolic OH excluding ortho intramolecular Hbond substituents is 1. The summed E-state index contributed by atoms with van der Waals surface area (Å²) in [6.07, 6.45) is 2.10. The van der Waals surface area contributed by atoms with Gasteiger partial charge in [0.05, 0.1) is 20.1 Å². The van der Waals surface area contributed by atoms with Gasteiger partial charge in [0, 0.05) is 25.9 Å². The predicted molar refractivity (Wildman–Crippen MR) is 185 cm³/mol. The average molecular weight is 697 g/mol. The van der Waals surface area contributed by atoms with Crippen LogP contribution in [0.25, 0.3) is 0 Å². The van der Waals surface area contributed by atoms with E-state index in [-0.39, 0.29) is 41.3 Å². The molecular weight excluding hydrogens is 652 g/mol. The Labute approximate surface area is 287 Å². The lowest BCUT2D eigenvalue weighted by Gasteiger charge is -2.33. The summed E-state index contributed by atoms with van der Waals surface area (Å²) in [4.78, 5) is 49.4. The van der Waals surface area contributed by atoms with E-state index in [1.807, 2.05) is 42.5 Å². The molecule has 0 aromatic heterocycles. The minimum Gasteiger partial charge on any atom is -0.507 e. The van der Waals surface area contributed by atoms with Gasteiger partial charge in [0.25, 0.3) is 0 Å². The molecule has 7 N–H and O–H groups in total. The van der Waals surface area contributed by atoms with Crippen LogP contribution in [-0.4, -0.2) is 76.8 Å². The van der Waals surface area contributed by atoms with Gasteiger partial charge in [-0.05, 0) is 54.6 Å². The van der Waals surface area contributed by atoms with Crippen LogP contribution in [0.5, 0.6) is 11.5 Å². The van der Waals surface area contributed by atoms with Crippen LogP contribution in [0.3, 0.4) is 0 Å². The number of carbonyl (C=O) groups excluding carboxylic acids is 4. The number of aromatic hydroxyl groups is 1. The van der Waals surface area contributed by atoms with Gasteiger partial charge >= 0.3 is 5.97 Å². The van der Waals surface area contributed by atoms with E-state index in [1.54, 1.807) is 24.3 Å². The van der Waals surface area contributed by atoms with Crippen LogP contribution in [0, 0.1) is 0 Å². The van der Waals surface area contributed by atoms with Gasteiger partial charge in [0.1, 0.15) is 28.4 Å². The molecule has 1 fully saturated rings. The SMILES string of the molecule is COC(=O)c1c(O)cccc1OCCCCNC[C@H](Cc1ccc(C2CC(=O)NS2(O)O)cc1)NC(=O)[C@H](Cc1ccccc1)NC(C)=O. The molecule has 4 rings (SSSR count). The molecule has 1 saturated heterocycles. The first-order chi connectivity index (χ1) is 23.5. The number of hydrogen-bond acceptors (Lipinski definition) is 10. The number of nitrogens with one attached hydrogen (secondary N) is 4. The number of amides is 3. The van der Waals surface area contributed by atoms with E-state index < -0.39 is 33.9 Å². The molecule has 0 bridgehead atoms. The first-order valence-electron chi connectivity index (χ1n) is 16.0. The largest absolute Gasteiger partial charge is 0.507 e. The van der Waals surface area contributed by atoms with Gasteiger partial charge in [0.2, 0.25) is 17.7 Å². The quantitative estimate of drug-likeness (QED) is 0.0809. The van der Waals surface area contributed by atoms with Crippen LogP contribution < -0.4 is 25.4 Å². The Morgan fingerprint density at radius 3 is 2.31 bits per heavy atom. The maximum Gasteiger partial charge on any atom is 0.345 e. The van der Waals surface area contributed by atoms with Crippen molar-refractivity contribution in [3.63, 3.8) is 0 Å². The average Bonchev–Trinajstić information content (AvgIpc) is 3.35. The number of ether oxygens (including phenoxy) is 2. The van der Waals surface area contributed by atoms with Gasteiger partial charge in [-0.15, -0.1) is 10.8 Å². The highest BCUT2D eigenvalue weighted by Crippen LogP contribution is 2.56. The fraction of sp³-hybridized carbons (Fsp3) is 0.371. The summed E-state index contributed by atoms with van der Waals surface area (Å²) in [5.41, 5.74) is 2.38. The van der Waals surface area contributed by atoms with Crippen molar-refractivity contribution in [1.82, 2.24) is 20.7 Å². The molecule has 264 valence electrons. The molecule has 0 aliphatic carbocycles. The number of esters is 1. The second kappa shape index (κ2) is 17.7. The predicted octanol–water partition coefficient (Wildman–Crippen LogP) is 3.63. The van der Waals surface area contributed by atoms with Crippen molar-refractivity contribution in [2.75, 3.05) is 26.8 Å². The molecule has 14 heteroatoms. The first-order valence-corrected chi connectivity index (χ1v) is 17.6. The lowest BCUT2D eigenvalue weighted by Crippen LogP contribution is -2.53. The van der Waals surface area contributed by atoms with Crippen molar-refractivity contribution in [3.05, 3.63) is 95.1 Å². The molecule has 1 heterocycles. The molecule has 3 atom stereocenters. The lowest BCUT2D eigenvalue weighted by molar-refractivity contribution is -0.128. The van der Waals surface area contributed by atoms with Crippen molar-refractivity contribution in [2.24, 2.45) is 0 Å². The molecule has 0 saturated carbocycles. The Bertz CT molecular complexity index is 1590. The number of hydrogen-bond donors (Lipinski definition) is 7. The summed E-state index contributed by atoms with van der Waals surface area (Å²) in [6.45, 7) is 2.67.